The summed E-state index contributed by atoms with van der Waals surface area (Å²) in [5, 5.41) is 9.58. The molecular formula is C42H27NO. The Morgan fingerprint density at radius 2 is 0.977 bits per heavy atom. The molecule has 0 aliphatic carbocycles. The number of fused-ring (bicyclic) bond motifs is 8. The number of furan rings is 1. The summed E-state index contributed by atoms with van der Waals surface area (Å²) in [6.07, 6.45) is 0. The van der Waals surface area contributed by atoms with E-state index < -0.39 is 0 Å². The molecule has 44 heavy (non-hydrogen) atoms. The van der Waals surface area contributed by atoms with E-state index in [1.54, 1.807) is 0 Å². The van der Waals surface area contributed by atoms with Gasteiger partial charge in [0.25, 0.3) is 0 Å². The van der Waals surface area contributed by atoms with E-state index in [2.05, 4.69) is 163 Å². The van der Waals surface area contributed by atoms with E-state index in [4.69, 9.17) is 4.42 Å². The van der Waals surface area contributed by atoms with E-state index in [1.807, 2.05) is 6.07 Å². The lowest BCUT2D eigenvalue weighted by Crippen LogP contribution is -2.10. The first kappa shape index (κ1) is 24.7. The second-order valence-electron chi connectivity index (χ2n) is 11.3. The molecule has 0 saturated heterocycles. The Hall–Kier alpha value is -5.86. The molecule has 206 valence electrons. The zero-order chi connectivity index (χ0) is 29.0. The highest BCUT2D eigenvalue weighted by atomic mass is 16.3. The van der Waals surface area contributed by atoms with Crippen molar-refractivity contribution in [1.82, 2.24) is 0 Å². The van der Waals surface area contributed by atoms with Crippen LogP contribution in [0.2, 0.25) is 0 Å². The molecule has 0 atom stereocenters. The van der Waals surface area contributed by atoms with Gasteiger partial charge in [-0.05, 0) is 80.5 Å². The van der Waals surface area contributed by atoms with Crippen molar-refractivity contribution in [1.29, 1.82) is 0 Å². The summed E-state index contributed by atoms with van der Waals surface area (Å²) in [4.78, 5) is 2.36. The molecule has 0 spiro atoms. The van der Waals surface area contributed by atoms with Crippen LogP contribution < -0.4 is 4.90 Å². The molecule has 9 rings (SSSR count). The maximum absolute atomic E-state index is 6.55. The summed E-state index contributed by atoms with van der Waals surface area (Å²) in [5.41, 5.74) is 7.53. The minimum Gasteiger partial charge on any atom is -0.455 e. The van der Waals surface area contributed by atoms with Gasteiger partial charge >= 0.3 is 0 Å². The van der Waals surface area contributed by atoms with E-state index in [9.17, 15) is 0 Å². The Labute approximate surface area is 255 Å². The maximum atomic E-state index is 6.55. The third-order valence-corrected chi connectivity index (χ3v) is 8.81. The minimum atomic E-state index is 0.895. The van der Waals surface area contributed by atoms with Crippen LogP contribution in [0.5, 0.6) is 0 Å². The number of benzene rings is 8. The van der Waals surface area contributed by atoms with Gasteiger partial charge in [-0.25, -0.2) is 0 Å². The molecule has 1 aromatic heterocycles. The predicted molar refractivity (Wildman–Crippen MR) is 186 cm³/mol. The van der Waals surface area contributed by atoms with Crippen molar-refractivity contribution in [3.8, 4) is 11.1 Å². The summed E-state index contributed by atoms with van der Waals surface area (Å²) in [6.45, 7) is 0. The van der Waals surface area contributed by atoms with Crippen LogP contribution >= 0.6 is 0 Å². The van der Waals surface area contributed by atoms with E-state index in [0.29, 0.717) is 0 Å². The van der Waals surface area contributed by atoms with Crippen LogP contribution in [0.4, 0.5) is 17.1 Å². The zero-order valence-corrected chi connectivity index (χ0v) is 23.9. The van der Waals surface area contributed by atoms with Gasteiger partial charge in [-0.2, -0.15) is 0 Å². The number of anilines is 3. The first-order valence-electron chi connectivity index (χ1n) is 15.0. The van der Waals surface area contributed by atoms with E-state index in [1.165, 1.54) is 32.7 Å². The van der Waals surface area contributed by atoms with Crippen LogP contribution in [-0.4, -0.2) is 0 Å². The Bertz CT molecular complexity index is 2490. The number of rotatable bonds is 4. The summed E-state index contributed by atoms with van der Waals surface area (Å²) in [7, 11) is 0. The molecule has 2 nitrogen and oxygen atoms in total. The van der Waals surface area contributed by atoms with Crippen molar-refractivity contribution in [2.45, 2.75) is 0 Å². The molecule has 0 aliphatic heterocycles. The smallest absolute Gasteiger partial charge is 0.145 e. The highest BCUT2D eigenvalue weighted by molar-refractivity contribution is 6.22. The highest BCUT2D eigenvalue weighted by Crippen LogP contribution is 2.46. The summed E-state index contributed by atoms with van der Waals surface area (Å²) < 4.78 is 6.55. The molecule has 8 aromatic carbocycles. The number of para-hydroxylation sites is 2. The van der Waals surface area contributed by atoms with Crippen molar-refractivity contribution < 1.29 is 4.42 Å². The van der Waals surface area contributed by atoms with Crippen molar-refractivity contribution in [3.63, 3.8) is 0 Å². The first-order chi connectivity index (χ1) is 21.8. The van der Waals surface area contributed by atoms with E-state index in [0.717, 1.165) is 49.8 Å². The zero-order valence-electron chi connectivity index (χ0n) is 23.9. The molecule has 0 aliphatic rings. The molecule has 2 heteroatoms. The molecule has 0 N–H and O–H groups in total. The van der Waals surface area contributed by atoms with Gasteiger partial charge in [0.2, 0.25) is 0 Å². The Balaban J connectivity index is 1.28. The van der Waals surface area contributed by atoms with Crippen LogP contribution in [0.15, 0.2) is 168 Å². The van der Waals surface area contributed by atoms with Gasteiger partial charge in [0.1, 0.15) is 11.2 Å². The third-order valence-electron chi connectivity index (χ3n) is 8.81. The summed E-state index contributed by atoms with van der Waals surface area (Å²) in [5.74, 6) is 0. The normalized spacial score (nSPS) is 11.6. The fraction of sp³-hybridized carbons (Fsp3) is 0. The molecule has 0 radical (unpaired) electrons. The molecule has 1 heterocycles. The van der Waals surface area contributed by atoms with Crippen molar-refractivity contribution in [2.24, 2.45) is 0 Å². The number of nitrogens with zero attached hydrogens (tertiary/aromatic N) is 1. The molecular weight excluding hydrogens is 534 g/mol. The van der Waals surface area contributed by atoms with Gasteiger partial charge in [-0.3, -0.25) is 0 Å². The molecule has 0 unspecified atom stereocenters. The number of hydrogen-bond acceptors (Lipinski definition) is 2. The van der Waals surface area contributed by atoms with Gasteiger partial charge < -0.3 is 9.32 Å². The second-order valence-corrected chi connectivity index (χ2v) is 11.3. The molecule has 0 bridgehead atoms. The Morgan fingerprint density at radius 1 is 0.409 bits per heavy atom. The molecule has 0 fully saturated rings. The fourth-order valence-corrected chi connectivity index (χ4v) is 6.80. The molecule has 0 amide bonds. The van der Waals surface area contributed by atoms with Crippen molar-refractivity contribution in [2.75, 3.05) is 4.90 Å². The largest absolute Gasteiger partial charge is 0.455 e. The Morgan fingerprint density at radius 3 is 1.75 bits per heavy atom. The predicted octanol–water partition coefficient (Wildman–Crippen LogP) is 12.2. The highest BCUT2D eigenvalue weighted by Gasteiger charge is 2.21. The SMILES string of the molecule is c1ccc(N(c2ccc(-c3cc4ccccc4c4ccccc34)cc2)c2cc3ccccc3c3oc4ccccc4c23)cc1. The minimum absolute atomic E-state index is 0.895. The van der Waals surface area contributed by atoms with Crippen LogP contribution in [0.25, 0.3) is 65.4 Å². The van der Waals surface area contributed by atoms with Gasteiger partial charge in [0.15, 0.2) is 0 Å². The summed E-state index contributed by atoms with van der Waals surface area (Å²) >= 11 is 0. The average molecular weight is 562 g/mol. The standard InChI is InChI=1S/C42H27NO/c1-2-14-31(15-3-1)43(39-27-30-13-5-7-17-34(30)42-41(39)37-20-10-11-21-40(37)44-42)32-24-22-28(23-25-32)38-26-29-12-4-6-16-33(29)35-18-8-9-19-36(35)38/h1-27H. The lowest BCUT2D eigenvalue weighted by molar-refractivity contribution is 0.672. The lowest BCUT2D eigenvalue weighted by Gasteiger charge is -2.27. The quantitative estimate of drug-likeness (QED) is 0.199. The van der Waals surface area contributed by atoms with Gasteiger partial charge in [-0.15, -0.1) is 0 Å². The Kier molecular flexibility index (Phi) is 5.54. The maximum Gasteiger partial charge on any atom is 0.145 e. The van der Waals surface area contributed by atoms with Crippen LogP contribution in [-0.2, 0) is 0 Å². The monoisotopic (exact) mass is 561 g/mol. The van der Waals surface area contributed by atoms with Gasteiger partial charge in [0, 0.05) is 22.1 Å². The lowest BCUT2D eigenvalue weighted by atomic mass is 9.93. The average Bonchev–Trinajstić information content (AvgIpc) is 3.49. The van der Waals surface area contributed by atoms with Crippen LogP contribution in [0.1, 0.15) is 0 Å². The van der Waals surface area contributed by atoms with Crippen LogP contribution in [0.3, 0.4) is 0 Å². The number of hydrogen-bond donors (Lipinski definition) is 0. The topological polar surface area (TPSA) is 16.4 Å². The van der Waals surface area contributed by atoms with Gasteiger partial charge in [0.05, 0.1) is 11.1 Å². The van der Waals surface area contributed by atoms with E-state index in [-0.39, 0.29) is 0 Å². The summed E-state index contributed by atoms with van der Waals surface area (Å²) in [6, 6.07) is 58.5. The van der Waals surface area contributed by atoms with Crippen LogP contribution in [0, 0.1) is 0 Å². The van der Waals surface area contributed by atoms with Crippen molar-refractivity contribution >= 4 is 71.3 Å². The van der Waals surface area contributed by atoms with E-state index >= 15 is 0 Å². The first-order valence-corrected chi connectivity index (χ1v) is 15.0. The molecule has 0 saturated carbocycles. The second kappa shape index (κ2) is 9.86. The van der Waals surface area contributed by atoms with Gasteiger partial charge in [-0.1, -0.05) is 121 Å². The van der Waals surface area contributed by atoms with Crippen molar-refractivity contribution in [3.05, 3.63) is 164 Å². The third kappa shape index (κ3) is 3.82. The fourth-order valence-electron chi connectivity index (χ4n) is 6.80. The molecule has 9 aromatic rings.